The Morgan fingerprint density at radius 1 is 1.03 bits per heavy atom. The van der Waals surface area contributed by atoms with E-state index >= 15 is 0 Å². The molecule has 4 aromatic rings. The van der Waals surface area contributed by atoms with Crippen molar-refractivity contribution in [2.75, 3.05) is 12.0 Å². The molecule has 0 unspecified atom stereocenters. The van der Waals surface area contributed by atoms with Gasteiger partial charge in [-0.3, -0.25) is 4.79 Å². The summed E-state index contributed by atoms with van der Waals surface area (Å²) in [5.41, 5.74) is 2.88. The van der Waals surface area contributed by atoms with Gasteiger partial charge >= 0.3 is 5.97 Å². The Morgan fingerprint density at radius 3 is 2.34 bits per heavy atom. The first-order chi connectivity index (χ1) is 18.3. The van der Waals surface area contributed by atoms with Crippen molar-refractivity contribution in [2.45, 2.75) is 52.5 Å². The molecule has 0 bridgehead atoms. The number of carbonyl (C=O) groups is 2. The minimum Gasteiger partial charge on any atom is -0.504 e. The summed E-state index contributed by atoms with van der Waals surface area (Å²) in [5.74, 6) is 1.05. The maximum absolute atomic E-state index is 13.7. The second-order valence-corrected chi connectivity index (χ2v) is 11.5. The molecule has 0 aliphatic heterocycles. The molecular weight excluding hydrogens is 498 g/mol. The van der Waals surface area contributed by atoms with Gasteiger partial charge in [-0.05, 0) is 69.2 Å². The van der Waals surface area contributed by atoms with Crippen LogP contribution in [0.2, 0.25) is 0 Å². The van der Waals surface area contributed by atoms with Gasteiger partial charge in [0.1, 0.15) is 10.6 Å². The molecule has 6 nitrogen and oxygen atoms in total. The highest BCUT2D eigenvalue weighted by atomic mass is 32.1. The van der Waals surface area contributed by atoms with Gasteiger partial charge in [0.25, 0.3) is 0 Å². The molecule has 5 rings (SSSR count). The van der Waals surface area contributed by atoms with Gasteiger partial charge in [-0.15, -0.1) is 11.3 Å². The Hall–Kier alpha value is -3.58. The fourth-order valence-electron chi connectivity index (χ4n) is 5.29. The quantitative estimate of drug-likeness (QED) is 0.256. The molecule has 1 aliphatic rings. The molecule has 1 fully saturated rings. The van der Waals surface area contributed by atoms with E-state index in [0.29, 0.717) is 27.8 Å². The summed E-state index contributed by atoms with van der Waals surface area (Å²) in [6, 6.07) is 16.9. The monoisotopic (exact) mass is 531 g/mol. The first kappa shape index (κ1) is 26.0. The van der Waals surface area contributed by atoms with E-state index in [-0.39, 0.29) is 23.6 Å². The number of esters is 1. The lowest BCUT2D eigenvalue weighted by atomic mass is 9.82. The highest BCUT2D eigenvalue weighted by Gasteiger charge is 2.33. The van der Waals surface area contributed by atoms with E-state index in [4.69, 9.17) is 9.15 Å². The van der Waals surface area contributed by atoms with Gasteiger partial charge in [0, 0.05) is 27.8 Å². The van der Waals surface area contributed by atoms with Gasteiger partial charge in [-0.2, -0.15) is 0 Å². The number of phenols is 1. The highest BCUT2D eigenvalue weighted by Crippen LogP contribution is 2.41. The Balaban J connectivity index is 1.48. The first-order valence-electron chi connectivity index (χ1n) is 13.1. The van der Waals surface area contributed by atoms with E-state index in [1.54, 1.807) is 17.0 Å². The summed E-state index contributed by atoms with van der Waals surface area (Å²) < 4.78 is 11.0. The number of rotatable bonds is 6. The number of thiophene rings is 1. The lowest BCUT2D eigenvalue weighted by Gasteiger charge is -2.33. The van der Waals surface area contributed by atoms with E-state index in [9.17, 15) is 14.7 Å². The Kier molecular flexibility index (Phi) is 7.30. The van der Waals surface area contributed by atoms with Crippen LogP contribution in [0.1, 0.15) is 56.1 Å². The SMILES string of the molecule is COC(=O)c1sc(-c2ccc(-c3cc4cccc(O)c4o3)cc2)cc1N(C(=O)C1CCC(C)CC1)C(C)C. The van der Waals surface area contributed by atoms with Crippen molar-refractivity contribution in [2.24, 2.45) is 11.8 Å². The fourth-order valence-corrected chi connectivity index (χ4v) is 6.36. The molecule has 0 radical (unpaired) electrons. The van der Waals surface area contributed by atoms with E-state index < -0.39 is 5.97 Å². The predicted molar refractivity (Wildman–Crippen MR) is 152 cm³/mol. The number of benzene rings is 2. The highest BCUT2D eigenvalue weighted by molar-refractivity contribution is 7.18. The summed E-state index contributed by atoms with van der Waals surface area (Å²) in [6.45, 7) is 6.22. The molecule has 1 aliphatic carbocycles. The van der Waals surface area contributed by atoms with Crippen molar-refractivity contribution < 1.29 is 23.8 Å². The molecule has 0 spiro atoms. The predicted octanol–water partition coefficient (Wildman–Crippen LogP) is 7.89. The Labute approximate surface area is 226 Å². The zero-order valence-electron chi connectivity index (χ0n) is 22.2. The summed E-state index contributed by atoms with van der Waals surface area (Å²) >= 11 is 1.34. The number of phenolic OH excluding ortho intramolecular Hbond substituents is 1. The average Bonchev–Trinajstić information content (AvgIpc) is 3.55. The zero-order chi connectivity index (χ0) is 27.0. The number of ether oxygens (including phenoxy) is 1. The van der Waals surface area contributed by atoms with Crippen LogP contribution < -0.4 is 4.90 Å². The van der Waals surface area contributed by atoms with E-state index in [1.165, 1.54) is 18.4 Å². The zero-order valence-corrected chi connectivity index (χ0v) is 23.0. The van der Waals surface area contributed by atoms with Crippen LogP contribution in [-0.4, -0.2) is 30.1 Å². The van der Waals surface area contributed by atoms with Crippen LogP contribution in [0.4, 0.5) is 5.69 Å². The molecule has 7 heteroatoms. The summed E-state index contributed by atoms with van der Waals surface area (Å²) in [5, 5.41) is 10.9. The van der Waals surface area contributed by atoms with Crippen LogP contribution >= 0.6 is 11.3 Å². The molecule has 1 saturated carbocycles. The van der Waals surface area contributed by atoms with Crippen molar-refractivity contribution >= 4 is 39.9 Å². The number of furan rings is 1. The molecule has 198 valence electrons. The topological polar surface area (TPSA) is 80.0 Å². The molecule has 0 saturated heterocycles. The second kappa shape index (κ2) is 10.7. The molecule has 38 heavy (non-hydrogen) atoms. The molecule has 1 amide bonds. The molecule has 2 aromatic heterocycles. The third-order valence-corrected chi connectivity index (χ3v) is 8.59. The third kappa shape index (κ3) is 4.95. The number of para-hydroxylation sites is 1. The van der Waals surface area contributed by atoms with Crippen molar-refractivity contribution in [3.05, 3.63) is 59.5 Å². The lowest BCUT2D eigenvalue weighted by molar-refractivity contribution is -0.123. The van der Waals surface area contributed by atoms with Crippen LogP contribution in [0.3, 0.4) is 0 Å². The Bertz CT molecular complexity index is 1460. The average molecular weight is 532 g/mol. The standard InChI is InChI=1S/C31H33NO5S/c1-18(2)32(30(34)22-10-8-19(3)9-11-22)24-17-27(38-29(24)31(35)36-4)21-14-12-20(13-15-21)26-16-23-6-5-7-25(33)28(23)37-26/h5-7,12-19,22,33H,8-11H2,1-4H3. The number of carbonyl (C=O) groups excluding carboxylic acids is 2. The van der Waals surface area contributed by atoms with Gasteiger partial charge in [0.05, 0.1) is 12.8 Å². The van der Waals surface area contributed by atoms with Gasteiger partial charge in [-0.1, -0.05) is 43.3 Å². The van der Waals surface area contributed by atoms with Crippen LogP contribution in [0.15, 0.2) is 59.0 Å². The second-order valence-electron chi connectivity index (χ2n) is 10.5. The molecule has 2 heterocycles. The normalized spacial score (nSPS) is 17.6. The minimum absolute atomic E-state index is 0.0232. The van der Waals surface area contributed by atoms with Crippen LogP contribution in [0.25, 0.3) is 32.7 Å². The largest absolute Gasteiger partial charge is 0.504 e. The number of nitrogens with zero attached hydrogens (tertiary/aromatic N) is 1. The van der Waals surface area contributed by atoms with Crippen LogP contribution in [-0.2, 0) is 9.53 Å². The summed E-state index contributed by atoms with van der Waals surface area (Å²) in [6.07, 6.45) is 3.88. The van der Waals surface area contributed by atoms with E-state index in [0.717, 1.165) is 47.1 Å². The molecular formula is C31H33NO5S. The maximum atomic E-state index is 13.7. The summed E-state index contributed by atoms with van der Waals surface area (Å²) in [7, 11) is 1.37. The van der Waals surface area contributed by atoms with E-state index in [1.807, 2.05) is 56.3 Å². The van der Waals surface area contributed by atoms with Gasteiger partial charge in [0.2, 0.25) is 5.91 Å². The third-order valence-electron chi connectivity index (χ3n) is 7.44. The number of amides is 1. The summed E-state index contributed by atoms with van der Waals surface area (Å²) in [4.78, 5) is 29.6. The smallest absolute Gasteiger partial charge is 0.350 e. The number of aromatic hydroxyl groups is 1. The lowest BCUT2D eigenvalue weighted by Crippen LogP contribution is -2.42. The van der Waals surface area contributed by atoms with E-state index in [2.05, 4.69) is 6.92 Å². The number of hydrogen-bond acceptors (Lipinski definition) is 6. The van der Waals surface area contributed by atoms with Crippen LogP contribution in [0.5, 0.6) is 5.75 Å². The van der Waals surface area contributed by atoms with Gasteiger partial charge in [0.15, 0.2) is 11.3 Å². The molecule has 2 aromatic carbocycles. The van der Waals surface area contributed by atoms with Crippen molar-refractivity contribution in [3.63, 3.8) is 0 Å². The van der Waals surface area contributed by atoms with Gasteiger partial charge < -0.3 is 19.2 Å². The molecule has 0 atom stereocenters. The van der Waals surface area contributed by atoms with Crippen LogP contribution in [0, 0.1) is 11.8 Å². The number of anilines is 1. The number of methoxy groups -OCH3 is 1. The first-order valence-corrected chi connectivity index (χ1v) is 14.0. The number of hydrogen-bond donors (Lipinski definition) is 1. The maximum Gasteiger partial charge on any atom is 0.350 e. The van der Waals surface area contributed by atoms with Gasteiger partial charge in [-0.25, -0.2) is 4.79 Å². The van der Waals surface area contributed by atoms with Crippen molar-refractivity contribution in [1.29, 1.82) is 0 Å². The van der Waals surface area contributed by atoms with Crippen molar-refractivity contribution in [1.82, 2.24) is 0 Å². The fraction of sp³-hybridized carbons (Fsp3) is 0.355. The number of fused-ring (bicyclic) bond motifs is 1. The Morgan fingerprint density at radius 2 is 1.71 bits per heavy atom. The molecule has 1 N–H and O–H groups in total. The van der Waals surface area contributed by atoms with Crippen molar-refractivity contribution in [3.8, 4) is 27.5 Å². The minimum atomic E-state index is -0.439.